The zero-order chi connectivity index (χ0) is 63.9. The fraction of sp³-hybridized carbons (Fsp3) is 0.500. The molecule has 20 N–H and O–H groups in total. The summed E-state index contributed by atoms with van der Waals surface area (Å²) >= 11 is 4.10. The maximum atomic E-state index is 14.4. The zero-order valence-electron chi connectivity index (χ0n) is 49.7. The number of H-pyrrole nitrogens is 1. The minimum absolute atomic E-state index is 0.0161. The van der Waals surface area contributed by atoms with E-state index < -0.39 is 88.5 Å². The van der Waals surface area contributed by atoms with Crippen molar-refractivity contribution in [2.24, 2.45) is 28.9 Å². The van der Waals surface area contributed by atoms with Crippen LogP contribution in [0.25, 0.3) is 32.3 Å². The number of carbonyl (C=O) groups is 7. The fourth-order valence-electron chi connectivity index (χ4n) is 8.97. The van der Waals surface area contributed by atoms with Crippen LogP contribution in [0.3, 0.4) is 0 Å². The highest BCUT2D eigenvalue weighted by atomic mass is 32.2. The number of anilines is 1. The van der Waals surface area contributed by atoms with Crippen LogP contribution in [0.4, 0.5) is 5.82 Å². The molecule has 88 heavy (non-hydrogen) atoms. The number of aliphatic hydroxyl groups is 1. The van der Waals surface area contributed by atoms with E-state index in [9.17, 15) is 42.9 Å². The van der Waals surface area contributed by atoms with Crippen molar-refractivity contribution in [3.63, 3.8) is 0 Å². The van der Waals surface area contributed by atoms with E-state index in [1.165, 1.54) is 61.0 Å². The largest absolute Gasteiger partial charge is 0.390 e. The molecule has 6 aromatic rings. The number of hydrogen-bond acceptors (Lipinski definition) is 23. The summed E-state index contributed by atoms with van der Waals surface area (Å²) in [7, 11) is -1.32. The van der Waals surface area contributed by atoms with E-state index in [4.69, 9.17) is 38.6 Å². The third-order valence-electron chi connectivity index (χ3n) is 14.1. The summed E-state index contributed by atoms with van der Waals surface area (Å²) in [6.07, 6.45) is 5.49. The predicted molar refractivity (Wildman–Crippen MR) is 341 cm³/mol. The van der Waals surface area contributed by atoms with Gasteiger partial charge in [-0.05, 0) is 90.3 Å². The lowest BCUT2D eigenvalue weighted by Crippen LogP contribution is -2.56. The number of aliphatic hydroxyl groups excluding tert-OH is 1. The normalized spacial score (nSPS) is 14.2. The number of unbranched alkanes of at least 4 members (excludes halogenated alkanes) is 1. The molecule has 6 rings (SSSR count). The van der Waals surface area contributed by atoms with Crippen molar-refractivity contribution >= 4 is 103 Å². The van der Waals surface area contributed by atoms with Crippen molar-refractivity contribution in [2.75, 3.05) is 70.1 Å². The molecular weight excluding hydrogens is 1210 g/mol. The molecule has 7 amide bonds. The second-order valence-electron chi connectivity index (χ2n) is 21.1. The third kappa shape index (κ3) is 21.2. The van der Waals surface area contributed by atoms with E-state index in [0.29, 0.717) is 57.2 Å². The van der Waals surface area contributed by atoms with Crippen LogP contribution >= 0.6 is 34.0 Å². The topological polar surface area (TPSA) is 463 Å². The number of nitrogens with zero attached hydrogens (tertiary/aromatic N) is 5. The SMILES string of the molecule is Cc1c(N)nc([C@H](CC(N)=O)NC[C@H](N)C(N)=O)nc1C(=O)N[C@@H](Cc1c[nH]c2ccccc12)C(=O)N[C@H](C)[C@@H](O)[C@H](C)C(=O)N[C@@H](CCS(C)=O)C(=O)NCCc1nc(-c2nc(-c3nc(C(=O)NCCCNCCCCNCCCN)cs3)cs2)cs1. The van der Waals surface area contributed by atoms with Gasteiger partial charge in [-0.3, -0.25) is 37.8 Å². The van der Waals surface area contributed by atoms with Crippen LogP contribution in [0.5, 0.6) is 0 Å². The van der Waals surface area contributed by atoms with Gasteiger partial charge in [0.05, 0.1) is 35.2 Å². The highest BCUT2D eigenvalue weighted by Crippen LogP contribution is 2.32. The first-order chi connectivity index (χ1) is 42.1. The highest BCUT2D eigenvalue weighted by molar-refractivity contribution is 7.84. The number of amides is 7. The molecule has 1 aromatic carbocycles. The average molecular weight is 1290 g/mol. The lowest BCUT2D eigenvalue weighted by Gasteiger charge is -2.28. The zero-order valence-corrected chi connectivity index (χ0v) is 52.9. The maximum absolute atomic E-state index is 14.4. The molecule has 1 unspecified atom stereocenters. The van der Waals surface area contributed by atoms with Crippen LogP contribution in [0.1, 0.15) is 101 Å². The van der Waals surface area contributed by atoms with Gasteiger partial charge >= 0.3 is 0 Å². The Balaban J connectivity index is 1.02. The van der Waals surface area contributed by atoms with Gasteiger partial charge in [0, 0.05) is 101 Å². The Morgan fingerprint density at radius 3 is 2.15 bits per heavy atom. The lowest BCUT2D eigenvalue weighted by atomic mass is 9.96. The van der Waals surface area contributed by atoms with Crippen molar-refractivity contribution in [3.8, 4) is 21.4 Å². The number of nitrogen functional groups attached to an aromatic ring is 1. The first-order valence-corrected chi connectivity index (χ1v) is 33.2. The van der Waals surface area contributed by atoms with Crippen LogP contribution in [0.2, 0.25) is 0 Å². The summed E-state index contributed by atoms with van der Waals surface area (Å²) in [6, 6.07) is 1.54. The Kier molecular flexibility index (Phi) is 27.8. The van der Waals surface area contributed by atoms with Crippen LogP contribution in [-0.4, -0.2) is 175 Å². The van der Waals surface area contributed by atoms with E-state index in [0.717, 1.165) is 62.8 Å². The van der Waals surface area contributed by atoms with E-state index in [-0.39, 0.29) is 66.9 Å². The van der Waals surface area contributed by atoms with Crippen molar-refractivity contribution in [2.45, 2.75) is 108 Å². The molecule has 5 aromatic heterocycles. The second kappa shape index (κ2) is 35.1. The Morgan fingerprint density at radius 1 is 0.750 bits per heavy atom. The molecule has 0 spiro atoms. The van der Waals surface area contributed by atoms with E-state index >= 15 is 0 Å². The molecule has 8 atom stereocenters. The number of aromatic amines is 1. The first kappa shape index (κ1) is 69.8. The summed E-state index contributed by atoms with van der Waals surface area (Å²) in [6.45, 7) is 9.19. The quantitative estimate of drug-likeness (QED) is 0.0221. The molecule has 0 bridgehead atoms. The van der Waals surface area contributed by atoms with Gasteiger partial charge in [-0.2, -0.15) is 0 Å². The van der Waals surface area contributed by atoms with Crippen molar-refractivity contribution < 1.29 is 42.9 Å². The molecule has 478 valence electrons. The Morgan fingerprint density at radius 2 is 1.43 bits per heavy atom. The minimum atomic E-state index is -1.52. The number of nitrogens with one attached hydrogen (secondary N) is 9. The van der Waals surface area contributed by atoms with Gasteiger partial charge in [0.25, 0.3) is 11.8 Å². The van der Waals surface area contributed by atoms with Gasteiger partial charge in [-0.15, -0.1) is 34.0 Å². The first-order valence-electron chi connectivity index (χ1n) is 28.8. The summed E-state index contributed by atoms with van der Waals surface area (Å²) < 4.78 is 12.2. The number of fused-ring (bicyclic) bond motifs is 1. The molecule has 28 nitrogen and oxygen atoms in total. The number of nitrogens with two attached hydrogens (primary N) is 5. The molecule has 5 heterocycles. The molecule has 0 saturated carbocycles. The van der Waals surface area contributed by atoms with Crippen LogP contribution in [0, 0.1) is 12.8 Å². The Labute approximate surface area is 524 Å². The van der Waals surface area contributed by atoms with E-state index in [2.05, 4.69) is 62.5 Å². The molecule has 0 aliphatic heterocycles. The predicted octanol–water partition coefficient (Wildman–Crippen LogP) is -0.246. The molecule has 0 fully saturated rings. The van der Waals surface area contributed by atoms with Gasteiger partial charge in [0.1, 0.15) is 56.5 Å². The molecular formula is C56H81N19O9S4. The Bertz CT molecular complexity index is 3340. The third-order valence-corrected chi connectivity index (χ3v) is 17.6. The van der Waals surface area contributed by atoms with Gasteiger partial charge in [0.2, 0.25) is 29.5 Å². The highest BCUT2D eigenvalue weighted by Gasteiger charge is 2.34. The number of rotatable bonds is 39. The number of carbonyl (C=O) groups excluding carboxylic acids is 7. The van der Waals surface area contributed by atoms with Crippen LogP contribution in [-0.2, 0) is 47.6 Å². The maximum Gasteiger partial charge on any atom is 0.271 e. The Hall–Kier alpha value is -7.27. The molecule has 0 radical (unpaired) electrons. The van der Waals surface area contributed by atoms with E-state index in [1.54, 1.807) is 11.6 Å². The number of hydrogen-bond donors (Lipinski definition) is 15. The van der Waals surface area contributed by atoms with Crippen molar-refractivity contribution in [1.82, 2.24) is 72.4 Å². The summed E-state index contributed by atoms with van der Waals surface area (Å²) in [5.74, 6) is -6.09. The fourth-order valence-corrected chi connectivity index (χ4v) is 12.0. The second-order valence-corrected chi connectivity index (χ2v) is 25.3. The summed E-state index contributed by atoms with van der Waals surface area (Å²) in [5, 5.41) is 43.4. The number of para-hydroxylation sites is 1. The standard InChI is InChI=1S/C56H81N19O9S4/c1-30-45(74-49(75-47(30)60)38(24-43(59)76)67-26-35(58)48(61)78)54(83)71-39(23-33-25-66-36-12-6-5-11-34(33)36)53(82)68-32(3)46(77)31(2)50(79)70-37(14-22-88(4)84)51(80)65-21-13-44-69-41(28-85-44)55-73-42(29-87-55)56-72-40(27-86-56)52(81)64-20-10-19-63-17-8-7-16-62-18-9-15-57/h5-6,11-12,25,27-29,31-32,35,37-39,46,62-63,66-67,77H,7-10,13-24,26,57-58H2,1-4H3,(H2,59,76)(H2,61,78)(H,64,81)(H,65,80)(H,68,82)(H,70,79)(H,71,83)(H2,60,74,75)/t31-,32+,35-,37-,38-,39-,46-,88?/m0/s1. The number of aromatic nitrogens is 6. The number of benzene rings is 1. The van der Waals surface area contributed by atoms with E-state index in [1.807, 2.05) is 35.0 Å². The molecule has 32 heteroatoms. The van der Waals surface area contributed by atoms with Gasteiger partial charge in [-0.1, -0.05) is 25.1 Å². The average Bonchev–Trinajstić information content (AvgIpc) is 2.46. The molecule has 0 saturated heterocycles. The lowest BCUT2D eigenvalue weighted by molar-refractivity contribution is -0.134. The number of thiazole rings is 3. The monoisotopic (exact) mass is 1290 g/mol. The minimum Gasteiger partial charge on any atom is -0.390 e. The van der Waals surface area contributed by atoms with Gasteiger partial charge < -0.3 is 81.3 Å². The van der Waals surface area contributed by atoms with Gasteiger partial charge in [-0.25, -0.2) is 24.9 Å². The van der Waals surface area contributed by atoms with Crippen LogP contribution in [0.15, 0.2) is 46.6 Å². The molecule has 0 aliphatic rings. The summed E-state index contributed by atoms with van der Waals surface area (Å²) in [4.78, 5) is 119. The van der Waals surface area contributed by atoms with Crippen molar-refractivity contribution in [3.05, 3.63) is 79.9 Å². The smallest absolute Gasteiger partial charge is 0.271 e. The summed E-state index contributed by atoms with van der Waals surface area (Å²) in [5.41, 5.74) is 31.3. The number of primary amides is 2. The van der Waals surface area contributed by atoms with Gasteiger partial charge in [0.15, 0.2) is 0 Å². The van der Waals surface area contributed by atoms with Crippen molar-refractivity contribution in [1.29, 1.82) is 0 Å². The molecule has 0 aliphatic carbocycles. The van der Waals surface area contributed by atoms with Crippen LogP contribution < -0.4 is 71.2 Å².